The Kier molecular flexibility index (Phi) is 6.12. The molecule has 2 aromatic rings. The van der Waals surface area contributed by atoms with Crippen LogP contribution in [-0.4, -0.2) is 34.8 Å². The van der Waals surface area contributed by atoms with Gasteiger partial charge in [-0.3, -0.25) is 9.59 Å². The largest absolute Gasteiger partial charge is 0.337 e. The second-order valence-corrected chi connectivity index (χ2v) is 8.40. The molecule has 1 saturated heterocycles. The fraction of sp³-hybridized carbons (Fsp3) is 0.435. The van der Waals surface area contributed by atoms with Crippen molar-refractivity contribution >= 4 is 17.5 Å². The minimum Gasteiger partial charge on any atom is -0.337 e. The minimum atomic E-state index is -0.311. The van der Waals surface area contributed by atoms with Crippen LogP contribution in [0.5, 0.6) is 0 Å². The molecule has 0 radical (unpaired) electrons. The Morgan fingerprint density at radius 3 is 2.11 bits per heavy atom. The van der Waals surface area contributed by atoms with E-state index >= 15 is 0 Å². The van der Waals surface area contributed by atoms with Crippen LogP contribution in [-0.2, 0) is 5.41 Å². The SMILES string of the molecule is CC(C)(C)c1ccc(NC(=O)c2cccc(C(=O)N3CCCCCC3)n2)cc1. The van der Waals surface area contributed by atoms with E-state index in [0.717, 1.165) is 38.8 Å². The van der Waals surface area contributed by atoms with Crippen molar-refractivity contribution in [3.05, 3.63) is 59.4 Å². The fourth-order valence-corrected chi connectivity index (χ4v) is 3.36. The normalized spacial score (nSPS) is 15.0. The number of nitrogens with one attached hydrogen (secondary N) is 1. The van der Waals surface area contributed by atoms with Crippen molar-refractivity contribution in [2.24, 2.45) is 0 Å². The Morgan fingerprint density at radius 2 is 1.50 bits per heavy atom. The monoisotopic (exact) mass is 379 g/mol. The third-order valence-electron chi connectivity index (χ3n) is 5.10. The highest BCUT2D eigenvalue weighted by molar-refractivity contribution is 6.03. The number of nitrogens with zero attached hydrogens (tertiary/aromatic N) is 2. The molecule has 3 rings (SSSR count). The van der Waals surface area contributed by atoms with Crippen LogP contribution in [0.1, 0.15) is 73.0 Å². The van der Waals surface area contributed by atoms with E-state index in [-0.39, 0.29) is 22.9 Å². The summed E-state index contributed by atoms with van der Waals surface area (Å²) >= 11 is 0. The highest BCUT2D eigenvalue weighted by Gasteiger charge is 2.20. The van der Waals surface area contributed by atoms with E-state index in [9.17, 15) is 9.59 Å². The molecule has 5 heteroatoms. The number of carbonyl (C=O) groups excluding carboxylic acids is 2. The van der Waals surface area contributed by atoms with Gasteiger partial charge in [-0.1, -0.05) is 51.8 Å². The predicted molar refractivity (Wildman–Crippen MR) is 112 cm³/mol. The van der Waals surface area contributed by atoms with Gasteiger partial charge in [0.1, 0.15) is 11.4 Å². The van der Waals surface area contributed by atoms with Gasteiger partial charge in [-0.2, -0.15) is 0 Å². The van der Waals surface area contributed by atoms with Crippen molar-refractivity contribution in [2.45, 2.75) is 51.9 Å². The molecule has 0 saturated carbocycles. The molecule has 5 nitrogen and oxygen atoms in total. The Bertz CT molecular complexity index is 830. The number of hydrogen-bond donors (Lipinski definition) is 1. The summed E-state index contributed by atoms with van der Waals surface area (Å²) in [5.74, 6) is -0.403. The third-order valence-corrected chi connectivity index (χ3v) is 5.10. The zero-order valence-corrected chi connectivity index (χ0v) is 17.0. The topological polar surface area (TPSA) is 62.3 Å². The van der Waals surface area contributed by atoms with E-state index in [1.165, 1.54) is 5.56 Å². The summed E-state index contributed by atoms with van der Waals surface area (Å²) in [7, 11) is 0. The number of hydrogen-bond acceptors (Lipinski definition) is 3. The fourth-order valence-electron chi connectivity index (χ4n) is 3.36. The molecule has 0 bridgehead atoms. The van der Waals surface area contributed by atoms with Gasteiger partial charge in [0, 0.05) is 18.8 Å². The van der Waals surface area contributed by atoms with E-state index < -0.39 is 0 Å². The molecule has 1 aliphatic heterocycles. The van der Waals surface area contributed by atoms with E-state index in [1.807, 2.05) is 29.2 Å². The molecular weight excluding hydrogens is 350 g/mol. The van der Waals surface area contributed by atoms with Gasteiger partial charge in [-0.25, -0.2) is 4.98 Å². The van der Waals surface area contributed by atoms with Gasteiger partial charge in [-0.15, -0.1) is 0 Å². The first-order chi connectivity index (χ1) is 13.3. The standard InChI is InChI=1S/C23H29N3O2/c1-23(2,3)17-11-13-18(14-12-17)24-21(27)19-9-8-10-20(25-19)22(28)26-15-6-4-5-7-16-26/h8-14H,4-7,15-16H2,1-3H3,(H,24,27). The Labute approximate surface area is 167 Å². The minimum absolute atomic E-state index is 0.0616. The number of aromatic nitrogens is 1. The highest BCUT2D eigenvalue weighted by atomic mass is 16.2. The second-order valence-electron chi connectivity index (χ2n) is 8.40. The lowest BCUT2D eigenvalue weighted by molar-refractivity contribution is 0.0755. The molecule has 28 heavy (non-hydrogen) atoms. The average molecular weight is 380 g/mol. The van der Waals surface area contributed by atoms with Crippen LogP contribution in [0.25, 0.3) is 0 Å². The van der Waals surface area contributed by atoms with E-state index in [2.05, 4.69) is 31.1 Å². The van der Waals surface area contributed by atoms with Crippen LogP contribution in [0.3, 0.4) is 0 Å². The zero-order chi connectivity index (χ0) is 20.1. The van der Waals surface area contributed by atoms with Gasteiger partial charge in [-0.05, 0) is 48.1 Å². The number of rotatable bonds is 3. The summed E-state index contributed by atoms with van der Waals surface area (Å²) in [5.41, 5.74) is 2.56. The maximum Gasteiger partial charge on any atom is 0.274 e. The number of amides is 2. The lowest BCUT2D eigenvalue weighted by Gasteiger charge is -2.20. The molecule has 2 heterocycles. The lowest BCUT2D eigenvalue weighted by Crippen LogP contribution is -2.32. The molecule has 1 N–H and O–H groups in total. The van der Waals surface area contributed by atoms with Crippen molar-refractivity contribution in [3.8, 4) is 0 Å². The number of anilines is 1. The molecule has 1 fully saturated rings. The Hall–Kier alpha value is -2.69. The molecule has 148 valence electrons. The van der Waals surface area contributed by atoms with Crippen molar-refractivity contribution in [3.63, 3.8) is 0 Å². The summed E-state index contributed by atoms with van der Waals surface area (Å²) < 4.78 is 0. The number of carbonyl (C=O) groups is 2. The molecule has 2 amide bonds. The van der Waals surface area contributed by atoms with Crippen LogP contribution >= 0.6 is 0 Å². The molecule has 1 aromatic heterocycles. The predicted octanol–water partition coefficient (Wildman–Crippen LogP) is 4.65. The van der Waals surface area contributed by atoms with Crippen LogP contribution in [0.15, 0.2) is 42.5 Å². The van der Waals surface area contributed by atoms with Crippen molar-refractivity contribution in [1.29, 1.82) is 0 Å². The average Bonchev–Trinajstić information content (AvgIpc) is 2.97. The summed E-state index contributed by atoms with van der Waals surface area (Å²) in [4.78, 5) is 31.5. The van der Waals surface area contributed by atoms with E-state index in [0.29, 0.717) is 11.4 Å². The van der Waals surface area contributed by atoms with Crippen molar-refractivity contribution < 1.29 is 9.59 Å². The van der Waals surface area contributed by atoms with Crippen LogP contribution in [0.2, 0.25) is 0 Å². The summed E-state index contributed by atoms with van der Waals surface area (Å²) in [6.07, 6.45) is 4.37. The number of benzene rings is 1. The highest BCUT2D eigenvalue weighted by Crippen LogP contribution is 2.23. The second kappa shape index (κ2) is 8.55. The molecular formula is C23H29N3O2. The molecule has 0 atom stereocenters. The Balaban J connectivity index is 1.70. The maximum absolute atomic E-state index is 12.7. The molecule has 1 aromatic carbocycles. The van der Waals surface area contributed by atoms with Gasteiger partial charge >= 0.3 is 0 Å². The van der Waals surface area contributed by atoms with Crippen molar-refractivity contribution in [1.82, 2.24) is 9.88 Å². The number of likely N-dealkylation sites (tertiary alicyclic amines) is 1. The molecule has 0 unspecified atom stereocenters. The van der Waals surface area contributed by atoms with Gasteiger partial charge < -0.3 is 10.2 Å². The summed E-state index contributed by atoms with van der Waals surface area (Å²) in [6.45, 7) is 7.97. The van der Waals surface area contributed by atoms with Gasteiger partial charge in [0.05, 0.1) is 0 Å². The Morgan fingerprint density at radius 1 is 0.893 bits per heavy atom. The van der Waals surface area contributed by atoms with Crippen molar-refractivity contribution in [2.75, 3.05) is 18.4 Å². The maximum atomic E-state index is 12.7. The third kappa shape index (κ3) is 4.97. The first-order valence-electron chi connectivity index (χ1n) is 10.0. The number of pyridine rings is 1. The summed E-state index contributed by atoms with van der Waals surface area (Å²) in [5, 5.41) is 2.87. The molecule has 0 aliphatic carbocycles. The quantitative estimate of drug-likeness (QED) is 0.844. The smallest absolute Gasteiger partial charge is 0.274 e. The van der Waals surface area contributed by atoms with Crippen LogP contribution < -0.4 is 5.32 Å². The first kappa shape index (κ1) is 20.1. The molecule has 0 spiro atoms. The van der Waals surface area contributed by atoms with Gasteiger partial charge in [0.15, 0.2) is 0 Å². The van der Waals surface area contributed by atoms with Gasteiger partial charge in [0.25, 0.3) is 11.8 Å². The zero-order valence-electron chi connectivity index (χ0n) is 17.0. The molecule has 1 aliphatic rings. The summed E-state index contributed by atoms with van der Waals surface area (Å²) in [6, 6.07) is 12.9. The first-order valence-corrected chi connectivity index (χ1v) is 10.0. The van der Waals surface area contributed by atoms with Crippen LogP contribution in [0.4, 0.5) is 5.69 Å². The van der Waals surface area contributed by atoms with Gasteiger partial charge in [0.2, 0.25) is 0 Å². The lowest BCUT2D eigenvalue weighted by atomic mass is 9.87. The van der Waals surface area contributed by atoms with E-state index in [1.54, 1.807) is 18.2 Å². The van der Waals surface area contributed by atoms with E-state index in [4.69, 9.17) is 0 Å². The van der Waals surface area contributed by atoms with Crippen LogP contribution in [0, 0.1) is 0 Å².